The number of fused-ring (bicyclic) bond motifs is 1. The molecule has 1 heterocycles. The lowest BCUT2D eigenvalue weighted by atomic mass is 10.2. The summed E-state index contributed by atoms with van der Waals surface area (Å²) in [4.78, 5) is 0. The Morgan fingerprint density at radius 2 is 2.00 bits per heavy atom. The lowest BCUT2D eigenvalue weighted by Gasteiger charge is -2.01. The number of aromatic nitrogens is 1. The monoisotopic (exact) mass is 158 g/mol. The first-order valence-electron chi connectivity index (χ1n) is 4.25. The Kier molecular flexibility index (Phi) is 1.86. The Hall–Kier alpha value is -1.24. The molecule has 2 aromatic rings. The topological polar surface area (TPSA) is 4.93 Å². The highest BCUT2D eigenvalue weighted by molar-refractivity contribution is 5.79. The van der Waals surface area contributed by atoms with E-state index in [-0.39, 0.29) is 0 Å². The first-order valence-corrected chi connectivity index (χ1v) is 4.25. The zero-order valence-electron chi connectivity index (χ0n) is 7.03. The van der Waals surface area contributed by atoms with Crippen molar-refractivity contribution in [2.75, 3.05) is 0 Å². The highest BCUT2D eigenvalue weighted by Gasteiger charge is 1.96. The molecule has 0 saturated heterocycles. The minimum atomic E-state index is 0.943. The highest BCUT2D eigenvalue weighted by Crippen LogP contribution is 2.14. The number of hydrogen-bond donors (Lipinski definition) is 0. The van der Waals surface area contributed by atoms with Crippen LogP contribution in [0.5, 0.6) is 0 Å². The van der Waals surface area contributed by atoms with Crippen molar-refractivity contribution in [1.29, 1.82) is 0 Å². The number of para-hydroxylation sites is 1. The molecule has 0 unspecified atom stereocenters. The van der Waals surface area contributed by atoms with Crippen LogP contribution in [0, 0.1) is 6.92 Å². The molecule has 0 aliphatic rings. The molecule has 0 saturated carbocycles. The van der Waals surface area contributed by atoms with E-state index in [0.717, 1.165) is 13.0 Å². The highest BCUT2D eigenvalue weighted by atomic mass is 14.9. The maximum atomic E-state index is 3.85. The van der Waals surface area contributed by atoms with E-state index < -0.39 is 0 Å². The van der Waals surface area contributed by atoms with Crippen LogP contribution in [0.1, 0.15) is 6.42 Å². The summed E-state index contributed by atoms with van der Waals surface area (Å²) in [5.74, 6) is 0. The normalized spacial score (nSPS) is 10.8. The molecule has 0 atom stereocenters. The van der Waals surface area contributed by atoms with Crippen LogP contribution in [0.15, 0.2) is 36.5 Å². The molecule has 61 valence electrons. The summed E-state index contributed by atoms with van der Waals surface area (Å²) in [7, 11) is 0. The second kappa shape index (κ2) is 3.02. The van der Waals surface area contributed by atoms with Crippen molar-refractivity contribution in [2.45, 2.75) is 13.0 Å². The molecule has 1 aromatic heterocycles. The molecular weight excluding hydrogens is 146 g/mol. The van der Waals surface area contributed by atoms with Crippen molar-refractivity contribution in [3.05, 3.63) is 43.5 Å². The molecule has 1 aromatic carbocycles. The Balaban J connectivity index is 2.55. The Labute approximate surface area is 72.6 Å². The Morgan fingerprint density at radius 1 is 1.17 bits per heavy atom. The number of benzene rings is 1. The van der Waals surface area contributed by atoms with E-state index in [1.807, 2.05) is 0 Å². The summed E-state index contributed by atoms with van der Waals surface area (Å²) in [6.07, 6.45) is 3.06. The SMILES string of the molecule is [CH2]CCn1ccc2ccccc21. The number of hydrogen-bond acceptors (Lipinski definition) is 0. The molecule has 0 bridgehead atoms. The van der Waals surface area contributed by atoms with E-state index in [1.54, 1.807) is 0 Å². The van der Waals surface area contributed by atoms with Gasteiger partial charge in [-0.25, -0.2) is 0 Å². The fourth-order valence-electron chi connectivity index (χ4n) is 1.51. The molecule has 0 spiro atoms. The lowest BCUT2D eigenvalue weighted by molar-refractivity contribution is 0.736. The zero-order valence-corrected chi connectivity index (χ0v) is 7.03. The predicted molar refractivity (Wildman–Crippen MR) is 51.9 cm³/mol. The van der Waals surface area contributed by atoms with E-state index in [4.69, 9.17) is 0 Å². The van der Waals surface area contributed by atoms with Crippen LogP contribution in [0.4, 0.5) is 0 Å². The van der Waals surface area contributed by atoms with Crippen molar-refractivity contribution in [1.82, 2.24) is 4.57 Å². The molecule has 0 fully saturated rings. The van der Waals surface area contributed by atoms with Gasteiger partial charge in [-0.15, -0.1) is 0 Å². The van der Waals surface area contributed by atoms with Crippen LogP contribution in [-0.2, 0) is 6.54 Å². The maximum absolute atomic E-state index is 3.85. The number of rotatable bonds is 2. The predicted octanol–water partition coefficient (Wildman–Crippen LogP) is 2.87. The summed E-state index contributed by atoms with van der Waals surface area (Å²) < 4.78 is 2.24. The van der Waals surface area contributed by atoms with Gasteiger partial charge in [0.15, 0.2) is 0 Å². The molecule has 1 heteroatoms. The average Bonchev–Trinajstić information content (AvgIpc) is 2.50. The first-order chi connectivity index (χ1) is 5.92. The molecule has 1 radical (unpaired) electrons. The van der Waals surface area contributed by atoms with Crippen LogP contribution in [0.2, 0.25) is 0 Å². The molecule has 1 nitrogen and oxygen atoms in total. The van der Waals surface area contributed by atoms with Crippen molar-refractivity contribution >= 4 is 10.9 Å². The van der Waals surface area contributed by atoms with Gasteiger partial charge in [-0.3, -0.25) is 0 Å². The van der Waals surface area contributed by atoms with Crippen LogP contribution in [0.3, 0.4) is 0 Å². The van der Waals surface area contributed by atoms with E-state index in [0.29, 0.717) is 0 Å². The minimum Gasteiger partial charge on any atom is -0.347 e. The standard InChI is InChI=1S/C11H12N/c1-2-8-12-9-7-10-5-3-4-6-11(10)12/h3-7,9H,1-2,8H2. The van der Waals surface area contributed by atoms with Crippen molar-refractivity contribution in [3.63, 3.8) is 0 Å². The van der Waals surface area contributed by atoms with Crippen LogP contribution < -0.4 is 0 Å². The Morgan fingerprint density at radius 3 is 2.83 bits per heavy atom. The van der Waals surface area contributed by atoms with Crippen LogP contribution >= 0.6 is 0 Å². The Bertz CT molecular complexity index is 373. The molecule has 2 rings (SSSR count). The van der Waals surface area contributed by atoms with Gasteiger partial charge >= 0.3 is 0 Å². The smallest absolute Gasteiger partial charge is 0.0480 e. The third-order valence-electron chi connectivity index (χ3n) is 2.08. The van der Waals surface area contributed by atoms with Crippen molar-refractivity contribution in [3.8, 4) is 0 Å². The second-order valence-corrected chi connectivity index (χ2v) is 2.92. The lowest BCUT2D eigenvalue weighted by Crippen LogP contribution is -1.92. The molecule has 12 heavy (non-hydrogen) atoms. The number of aryl methyl sites for hydroxylation is 1. The van der Waals surface area contributed by atoms with Gasteiger partial charge in [-0.1, -0.05) is 25.1 Å². The van der Waals surface area contributed by atoms with Gasteiger partial charge in [0, 0.05) is 18.3 Å². The average molecular weight is 158 g/mol. The summed E-state index contributed by atoms with van der Waals surface area (Å²) in [5, 5.41) is 1.31. The van der Waals surface area contributed by atoms with Crippen LogP contribution in [0.25, 0.3) is 10.9 Å². The molecule has 0 aliphatic carbocycles. The first kappa shape index (κ1) is 7.41. The van der Waals surface area contributed by atoms with E-state index in [1.165, 1.54) is 10.9 Å². The maximum Gasteiger partial charge on any atom is 0.0480 e. The van der Waals surface area contributed by atoms with Crippen molar-refractivity contribution in [2.24, 2.45) is 0 Å². The summed E-state index contributed by atoms with van der Waals surface area (Å²) >= 11 is 0. The molecule has 0 N–H and O–H groups in total. The summed E-state index contributed by atoms with van der Waals surface area (Å²) in [6, 6.07) is 10.6. The zero-order chi connectivity index (χ0) is 8.39. The minimum absolute atomic E-state index is 0.943. The largest absolute Gasteiger partial charge is 0.347 e. The molecule has 0 aliphatic heterocycles. The van der Waals surface area contributed by atoms with E-state index >= 15 is 0 Å². The van der Waals surface area contributed by atoms with Gasteiger partial charge in [0.25, 0.3) is 0 Å². The molecule has 0 amide bonds. The van der Waals surface area contributed by atoms with E-state index in [9.17, 15) is 0 Å². The number of nitrogens with zero attached hydrogens (tertiary/aromatic N) is 1. The fourth-order valence-corrected chi connectivity index (χ4v) is 1.51. The van der Waals surface area contributed by atoms with E-state index in [2.05, 4.69) is 48.0 Å². The van der Waals surface area contributed by atoms with Gasteiger partial charge in [-0.2, -0.15) is 0 Å². The van der Waals surface area contributed by atoms with Gasteiger partial charge in [0.05, 0.1) is 0 Å². The summed E-state index contributed by atoms with van der Waals surface area (Å²) in [6.45, 7) is 4.85. The molecular formula is C11H12N. The van der Waals surface area contributed by atoms with Crippen molar-refractivity contribution < 1.29 is 0 Å². The van der Waals surface area contributed by atoms with Gasteiger partial charge in [0.1, 0.15) is 0 Å². The fraction of sp³-hybridized carbons (Fsp3) is 0.182. The quantitative estimate of drug-likeness (QED) is 0.633. The van der Waals surface area contributed by atoms with Gasteiger partial charge in [0.2, 0.25) is 0 Å². The third kappa shape index (κ3) is 1.11. The van der Waals surface area contributed by atoms with Gasteiger partial charge in [-0.05, 0) is 23.9 Å². The second-order valence-electron chi connectivity index (χ2n) is 2.92. The third-order valence-corrected chi connectivity index (χ3v) is 2.08. The van der Waals surface area contributed by atoms with Crippen LogP contribution in [-0.4, -0.2) is 4.57 Å². The summed E-state index contributed by atoms with van der Waals surface area (Å²) in [5.41, 5.74) is 1.31. The van der Waals surface area contributed by atoms with Gasteiger partial charge < -0.3 is 4.57 Å².